The van der Waals surface area contributed by atoms with Gasteiger partial charge >= 0.3 is 12.1 Å². The van der Waals surface area contributed by atoms with Crippen LogP contribution in [-0.4, -0.2) is 58.0 Å². The standard InChI is InChI=1S/C17H15F3N4O3/c18-17(19,20)12-3-1-11(2-4-12)15(25)24-7-5-23(6-8-24)14-10-21-13(9-22-14)16(26)27/h1-4,9-10H,5-8H2,(H,26,27). The van der Waals surface area contributed by atoms with Crippen LogP contribution in [-0.2, 0) is 6.18 Å². The van der Waals surface area contributed by atoms with E-state index in [9.17, 15) is 22.8 Å². The van der Waals surface area contributed by atoms with Crippen molar-refractivity contribution < 1.29 is 27.9 Å². The van der Waals surface area contributed by atoms with Crippen molar-refractivity contribution in [2.24, 2.45) is 0 Å². The molecule has 3 rings (SSSR count). The molecule has 27 heavy (non-hydrogen) atoms. The van der Waals surface area contributed by atoms with Crippen molar-refractivity contribution in [1.82, 2.24) is 14.9 Å². The molecule has 1 N–H and O–H groups in total. The minimum Gasteiger partial charge on any atom is -0.476 e. The van der Waals surface area contributed by atoms with Crippen molar-refractivity contribution in [3.8, 4) is 0 Å². The van der Waals surface area contributed by atoms with E-state index in [0.717, 1.165) is 18.3 Å². The molecule has 1 aromatic heterocycles. The predicted octanol–water partition coefficient (Wildman–Crippen LogP) is 2.16. The Morgan fingerprint density at radius 2 is 1.59 bits per heavy atom. The SMILES string of the molecule is O=C(O)c1cnc(N2CCN(C(=O)c3ccc(C(F)(F)F)cc3)CC2)cn1. The number of nitrogens with zero attached hydrogens (tertiary/aromatic N) is 4. The molecule has 1 aliphatic rings. The van der Waals surface area contributed by atoms with E-state index < -0.39 is 17.7 Å². The molecule has 0 spiro atoms. The van der Waals surface area contributed by atoms with Crippen LogP contribution < -0.4 is 4.90 Å². The Balaban J connectivity index is 1.61. The van der Waals surface area contributed by atoms with E-state index >= 15 is 0 Å². The zero-order valence-corrected chi connectivity index (χ0v) is 14.0. The Hall–Kier alpha value is -3.17. The molecule has 1 fully saturated rings. The topological polar surface area (TPSA) is 86.6 Å². The van der Waals surface area contributed by atoms with Crippen LogP contribution in [0.1, 0.15) is 26.4 Å². The first kappa shape index (κ1) is 18.6. The van der Waals surface area contributed by atoms with Gasteiger partial charge in [0.15, 0.2) is 5.69 Å². The van der Waals surface area contributed by atoms with E-state index in [1.54, 1.807) is 4.90 Å². The molecule has 0 radical (unpaired) electrons. The lowest BCUT2D eigenvalue weighted by molar-refractivity contribution is -0.137. The lowest BCUT2D eigenvalue weighted by atomic mass is 10.1. The van der Waals surface area contributed by atoms with Gasteiger partial charge in [-0.1, -0.05) is 0 Å². The maximum Gasteiger partial charge on any atom is 0.416 e. The molecular formula is C17H15F3N4O3. The van der Waals surface area contributed by atoms with Crippen LogP contribution >= 0.6 is 0 Å². The molecule has 10 heteroatoms. The van der Waals surface area contributed by atoms with Gasteiger partial charge in [0.05, 0.1) is 18.0 Å². The number of rotatable bonds is 3. The summed E-state index contributed by atoms with van der Waals surface area (Å²) in [6.45, 7) is 1.63. The molecule has 1 amide bonds. The number of aromatic nitrogens is 2. The molecular weight excluding hydrogens is 365 g/mol. The maximum atomic E-state index is 12.6. The Morgan fingerprint density at radius 3 is 2.07 bits per heavy atom. The van der Waals surface area contributed by atoms with Crippen LogP contribution in [0.25, 0.3) is 0 Å². The summed E-state index contributed by atoms with van der Waals surface area (Å²) in [5.74, 6) is -1.00. The minimum atomic E-state index is -4.44. The number of hydrogen-bond donors (Lipinski definition) is 1. The van der Waals surface area contributed by atoms with Gasteiger partial charge in [-0.15, -0.1) is 0 Å². The van der Waals surface area contributed by atoms with E-state index in [1.807, 2.05) is 4.90 Å². The van der Waals surface area contributed by atoms with Gasteiger partial charge in [-0.25, -0.2) is 14.8 Å². The van der Waals surface area contributed by atoms with Crippen molar-refractivity contribution in [2.45, 2.75) is 6.18 Å². The van der Waals surface area contributed by atoms with Crippen LogP contribution in [0.3, 0.4) is 0 Å². The third-order valence-corrected chi connectivity index (χ3v) is 4.21. The molecule has 2 aromatic rings. The lowest BCUT2D eigenvalue weighted by Crippen LogP contribution is -2.49. The molecule has 0 aliphatic carbocycles. The summed E-state index contributed by atoms with van der Waals surface area (Å²) in [5.41, 5.74) is -0.760. The first-order valence-corrected chi connectivity index (χ1v) is 8.02. The fourth-order valence-corrected chi connectivity index (χ4v) is 2.72. The van der Waals surface area contributed by atoms with Crippen molar-refractivity contribution in [3.05, 3.63) is 53.5 Å². The van der Waals surface area contributed by atoms with Gasteiger partial charge in [-0.3, -0.25) is 4.79 Å². The first-order chi connectivity index (χ1) is 12.8. The Bertz CT molecular complexity index is 830. The third kappa shape index (κ3) is 4.15. The van der Waals surface area contributed by atoms with Crippen molar-refractivity contribution in [3.63, 3.8) is 0 Å². The summed E-state index contributed by atoms with van der Waals surface area (Å²) >= 11 is 0. The number of carboxylic acids is 1. The molecule has 1 aromatic carbocycles. The fourth-order valence-electron chi connectivity index (χ4n) is 2.72. The molecule has 0 atom stereocenters. The number of aromatic carboxylic acids is 1. The number of amides is 1. The first-order valence-electron chi connectivity index (χ1n) is 8.02. The molecule has 7 nitrogen and oxygen atoms in total. The second kappa shape index (κ2) is 7.22. The van der Waals surface area contributed by atoms with Gasteiger partial charge in [0.25, 0.3) is 5.91 Å². The van der Waals surface area contributed by atoms with Gasteiger partial charge < -0.3 is 14.9 Å². The van der Waals surface area contributed by atoms with Gasteiger partial charge in [0, 0.05) is 31.7 Å². The monoisotopic (exact) mass is 380 g/mol. The molecule has 142 valence electrons. The normalized spacial score (nSPS) is 14.9. The van der Waals surface area contributed by atoms with Crippen LogP contribution in [0.15, 0.2) is 36.7 Å². The number of anilines is 1. The maximum absolute atomic E-state index is 12.6. The molecule has 2 heterocycles. The van der Waals surface area contributed by atoms with E-state index in [0.29, 0.717) is 32.0 Å². The third-order valence-electron chi connectivity index (χ3n) is 4.21. The summed E-state index contributed by atoms with van der Waals surface area (Å²) in [6, 6.07) is 4.13. The molecule has 1 aliphatic heterocycles. The largest absolute Gasteiger partial charge is 0.476 e. The highest BCUT2D eigenvalue weighted by Gasteiger charge is 2.30. The molecule has 1 saturated heterocycles. The number of benzene rings is 1. The second-order valence-corrected chi connectivity index (χ2v) is 5.92. The molecule has 0 saturated carbocycles. The van der Waals surface area contributed by atoms with Crippen molar-refractivity contribution in [1.29, 1.82) is 0 Å². The van der Waals surface area contributed by atoms with E-state index in [2.05, 4.69) is 9.97 Å². The number of carboxylic acid groups (broad SMARTS) is 1. The second-order valence-electron chi connectivity index (χ2n) is 5.92. The highest BCUT2D eigenvalue weighted by molar-refractivity contribution is 5.94. The number of hydrogen-bond acceptors (Lipinski definition) is 5. The van der Waals surface area contributed by atoms with Gasteiger partial charge in [-0.05, 0) is 24.3 Å². The smallest absolute Gasteiger partial charge is 0.416 e. The number of halogens is 3. The van der Waals surface area contributed by atoms with Crippen molar-refractivity contribution in [2.75, 3.05) is 31.1 Å². The zero-order chi connectivity index (χ0) is 19.6. The zero-order valence-electron chi connectivity index (χ0n) is 14.0. The van der Waals surface area contributed by atoms with E-state index in [-0.39, 0.29) is 17.2 Å². The van der Waals surface area contributed by atoms with Crippen LogP contribution in [0.5, 0.6) is 0 Å². The van der Waals surface area contributed by atoms with Crippen LogP contribution in [0, 0.1) is 0 Å². The van der Waals surface area contributed by atoms with Gasteiger partial charge in [-0.2, -0.15) is 13.2 Å². The minimum absolute atomic E-state index is 0.158. The summed E-state index contributed by atoms with van der Waals surface area (Å²) in [5, 5.41) is 8.83. The van der Waals surface area contributed by atoms with Crippen LogP contribution in [0.2, 0.25) is 0 Å². The predicted molar refractivity (Wildman–Crippen MR) is 88.6 cm³/mol. The molecule has 0 bridgehead atoms. The Kier molecular flexibility index (Phi) is 4.98. The lowest BCUT2D eigenvalue weighted by Gasteiger charge is -2.35. The van der Waals surface area contributed by atoms with Gasteiger partial charge in [0.1, 0.15) is 5.82 Å². The average Bonchev–Trinajstić information content (AvgIpc) is 2.67. The van der Waals surface area contributed by atoms with Gasteiger partial charge in [0.2, 0.25) is 0 Å². The Morgan fingerprint density at radius 1 is 0.963 bits per heavy atom. The number of carbonyl (C=O) groups is 2. The summed E-state index contributed by atoms with van der Waals surface area (Å²) in [6.07, 6.45) is -1.92. The number of alkyl halides is 3. The quantitative estimate of drug-likeness (QED) is 0.878. The Labute approximate surface area is 152 Å². The van der Waals surface area contributed by atoms with E-state index in [1.165, 1.54) is 18.3 Å². The highest BCUT2D eigenvalue weighted by atomic mass is 19.4. The summed E-state index contributed by atoms with van der Waals surface area (Å²) in [4.78, 5) is 34.5. The highest BCUT2D eigenvalue weighted by Crippen LogP contribution is 2.29. The fraction of sp³-hybridized carbons (Fsp3) is 0.294. The van der Waals surface area contributed by atoms with Crippen LogP contribution in [0.4, 0.5) is 19.0 Å². The summed E-state index contributed by atoms with van der Waals surface area (Å²) in [7, 11) is 0. The number of piperazine rings is 1. The molecule has 0 unspecified atom stereocenters. The van der Waals surface area contributed by atoms with E-state index in [4.69, 9.17) is 5.11 Å². The number of carbonyl (C=O) groups excluding carboxylic acids is 1. The average molecular weight is 380 g/mol. The summed E-state index contributed by atoms with van der Waals surface area (Å²) < 4.78 is 37.8. The van der Waals surface area contributed by atoms with Crippen molar-refractivity contribution >= 4 is 17.7 Å².